The Morgan fingerprint density at radius 2 is 2.10 bits per heavy atom. The Hall–Kier alpha value is -0.710. The highest BCUT2D eigenvalue weighted by atomic mass is 35.5. The molecule has 1 aliphatic rings. The maximum atomic E-state index is 12.4. The molecule has 0 spiro atoms. The predicted molar refractivity (Wildman–Crippen MR) is 87.9 cm³/mol. The second-order valence-electron chi connectivity index (χ2n) is 5.41. The van der Waals surface area contributed by atoms with Crippen LogP contribution < -0.4 is 5.32 Å². The summed E-state index contributed by atoms with van der Waals surface area (Å²) in [5.74, 6) is 0.933. The third-order valence-electron chi connectivity index (χ3n) is 3.79. The Balaban J connectivity index is 2.10. The smallest absolute Gasteiger partial charge is 0.327 e. The van der Waals surface area contributed by atoms with E-state index in [-0.39, 0.29) is 5.97 Å². The number of halogens is 1. The zero-order valence-corrected chi connectivity index (χ0v) is 14.1. The molecule has 1 aliphatic carbocycles. The van der Waals surface area contributed by atoms with Gasteiger partial charge in [0.2, 0.25) is 0 Å². The molecule has 1 atom stereocenters. The van der Waals surface area contributed by atoms with Gasteiger partial charge >= 0.3 is 5.97 Å². The van der Waals surface area contributed by atoms with Crippen LogP contribution in [0.1, 0.15) is 26.2 Å². The van der Waals surface area contributed by atoms with Crippen LogP contribution >= 0.6 is 23.4 Å². The number of hydrogen-bond donors (Lipinski definition) is 1. The number of benzene rings is 1. The number of carbonyl (C=O) groups excluding carboxylic acids is 1. The average Bonchev–Trinajstić information content (AvgIpc) is 3.34. The van der Waals surface area contributed by atoms with E-state index in [4.69, 9.17) is 16.3 Å². The van der Waals surface area contributed by atoms with Crippen LogP contribution in [0, 0.1) is 5.92 Å². The number of hydrogen-bond acceptors (Lipinski definition) is 4. The topological polar surface area (TPSA) is 38.3 Å². The first-order valence-corrected chi connectivity index (χ1v) is 8.70. The Bertz CT molecular complexity index is 476. The minimum atomic E-state index is -0.560. The van der Waals surface area contributed by atoms with Crippen molar-refractivity contribution in [3.63, 3.8) is 0 Å². The highest BCUT2D eigenvalue weighted by Crippen LogP contribution is 2.43. The zero-order valence-electron chi connectivity index (χ0n) is 12.5. The molecule has 0 aromatic heterocycles. The molecule has 0 saturated heterocycles. The lowest BCUT2D eigenvalue weighted by Crippen LogP contribution is -2.57. The first kappa shape index (κ1) is 16.7. The maximum absolute atomic E-state index is 12.4. The van der Waals surface area contributed by atoms with Gasteiger partial charge < -0.3 is 10.1 Å². The molecule has 5 heteroatoms. The number of thioether (sulfide) groups is 1. The molecular weight excluding hydrogens is 306 g/mol. The summed E-state index contributed by atoms with van der Waals surface area (Å²) in [6.07, 6.45) is 3.18. The lowest BCUT2D eigenvalue weighted by atomic mass is 9.95. The van der Waals surface area contributed by atoms with Crippen LogP contribution in [-0.4, -0.2) is 30.9 Å². The Kier molecular flexibility index (Phi) is 5.97. The number of rotatable bonds is 8. The third-order valence-corrected chi connectivity index (χ3v) is 5.25. The molecule has 0 amide bonds. The maximum Gasteiger partial charge on any atom is 0.327 e. The average molecular weight is 328 g/mol. The van der Waals surface area contributed by atoms with E-state index in [1.54, 1.807) is 11.8 Å². The van der Waals surface area contributed by atoms with Crippen LogP contribution in [-0.2, 0) is 9.53 Å². The quantitative estimate of drug-likeness (QED) is 0.583. The largest absolute Gasteiger partial charge is 0.468 e. The minimum absolute atomic E-state index is 0.139. The predicted octanol–water partition coefficient (Wildman–Crippen LogP) is 3.75. The van der Waals surface area contributed by atoms with Gasteiger partial charge in [0.1, 0.15) is 5.54 Å². The molecule has 1 fully saturated rings. The van der Waals surface area contributed by atoms with Crippen LogP contribution in [0.2, 0.25) is 5.02 Å². The number of methoxy groups -OCH3 is 1. The molecule has 0 aliphatic heterocycles. The van der Waals surface area contributed by atoms with Crippen LogP contribution in [0.4, 0.5) is 0 Å². The van der Waals surface area contributed by atoms with E-state index >= 15 is 0 Å². The van der Waals surface area contributed by atoms with Crippen molar-refractivity contribution in [2.24, 2.45) is 5.92 Å². The van der Waals surface area contributed by atoms with Crippen molar-refractivity contribution < 1.29 is 9.53 Å². The molecule has 1 saturated carbocycles. The molecule has 21 heavy (non-hydrogen) atoms. The summed E-state index contributed by atoms with van der Waals surface area (Å²) in [6.45, 7) is 2.93. The summed E-state index contributed by atoms with van der Waals surface area (Å²) >= 11 is 7.58. The van der Waals surface area contributed by atoms with Crippen molar-refractivity contribution in [3.05, 3.63) is 29.3 Å². The van der Waals surface area contributed by atoms with Crippen molar-refractivity contribution in [1.29, 1.82) is 0 Å². The van der Waals surface area contributed by atoms with Gasteiger partial charge in [-0.15, -0.1) is 11.8 Å². The number of carbonyl (C=O) groups is 1. The number of esters is 1. The van der Waals surface area contributed by atoms with Gasteiger partial charge in [0.25, 0.3) is 0 Å². The van der Waals surface area contributed by atoms with Gasteiger partial charge in [-0.25, -0.2) is 0 Å². The van der Waals surface area contributed by atoms with Gasteiger partial charge in [-0.2, -0.15) is 0 Å². The summed E-state index contributed by atoms with van der Waals surface area (Å²) in [7, 11) is 1.47. The number of ether oxygens (including phenoxy) is 1. The lowest BCUT2D eigenvalue weighted by molar-refractivity contribution is -0.148. The van der Waals surface area contributed by atoms with E-state index in [1.165, 1.54) is 7.11 Å². The highest BCUT2D eigenvalue weighted by Gasteiger charge is 2.51. The SMILES string of the molecule is CCCNC(CSc1ccc(Cl)cc1)(C(=O)OC)C1CC1. The fourth-order valence-electron chi connectivity index (χ4n) is 2.45. The molecule has 1 unspecified atom stereocenters. The first-order valence-electron chi connectivity index (χ1n) is 7.34. The molecule has 0 radical (unpaired) electrons. The van der Waals surface area contributed by atoms with Gasteiger partial charge in [-0.3, -0.25) is 4.79 Å². The third kappa shape index (κ3) is 4.15. The summed E-state index contributed by atoms with van der Waals surface area (Å²) in [5.41, 5.74) is -0.560. The molecule has 0 heterocycles. The second kappa shape index (κ2) is 7.52. The van der Waals surface area contributed by atoms with Crippen molar-refractivity contribution in [3.8, 4) is 0 Å². The molecule has 1 N–H and O–H groups in total. The lowest BCUT2D eigenvalue weighted by Gasteiger charge is -2.32. The standard InChI is InChI=1S/C16H22ClNO2S/c1-3-10-18-16(12-4-5-12,15(19)20-2)11-21-14-8-6-13(17)7-9-14/h6-9,12,18H,3-5,10-11H2,1-2H3. The minimum Gasteiger partial charge on any atom is -0.468 e. The van der Waals surface area contributed by atoms with E-state index < -0.39 is 5.54 Å². The van der Waals surface area contributed by atoms with Crippen molar-refractivity contribution in [2.45, 2.75) is 36.6 Å². The van der Waals surface area contributed by atoms with Gasteiger partial charge in [-0.1, -0.05) is 18.5 Å². The Labute approximate surface area is 135 Å². The van der Waals surface area contributed by atoms with Gasteiger partial charge in [-0.05, 0) is 56.0 Å². The zero-order chi connectivity index (χ0) is 15.3. The van der Waals surface area contributed by atoms with E-state index in [9.17, 15) is 4.79 Å². The van der Waals surface area contributed by atoms with Crippen molar-refractivity contribution in [1.82, 2.24) is 5.32 Å². The molecule has 116 valence electrons. The monoisotopic (exact) mass is 327 g/mol. The van der Waals surface area contributed by atoms with Gasteiger partial charge in [0, 0.05) is 15.7 Å². The van der Waals surface area contributed by atoms with E-state index in [0.29, 0.717) is 11.7 Å². The van der Waals surface area contributed by atoms with Crippen LogP contribution in [0.15, 0.2) is 29.2 Å². The molecule has 0 bridgehead atoms. The van der Waals surface area contributed by atoms with Crippen LogP contribution in [0.3, 0.4) is 0 Å². The van der Waals surface area contributed by atoms with E-state index in [2.05, 4.69) is 12.2 Å². The van der Waals surface area contributed by atoms with Crippen molar-refractivity contribution >= 4 is 29.3 Å². The Morgan fingerprint density at radius 1 is 1.43 bits per heavy atom. The van der Waals surface area contributed by atoms with Crippen LogP contribution in [0.25, 0.3) is 0 Å². The van der Waals surface area contributed by atoms with E-state index in [1.807, 2.05) is 24.3 Å². The van der Waals surface area contributed by atoms with Gasteiger partial charge in [0.15, 0.2) is 0 Å². The Morgan fingerprint density at radius 3 is 2.62 bits per heavy atom. The summed E-state index contributed by atoms with van der Waals surface area (Å²) in [5, 5.41) is 4.18. The fourth-order valence-corrected chi connectivity index (χ4v) is 3.75. The molecule has 3 nitrogen and oxygen atoms in total. The summed E-state index contributed by atoms with van der Waals surface area (Å²) in [4.78, 5) is 13.5. The normalized spacial score (nSPS) is 17.3. The van der Waals surface area contributed by atoms with Crippen LogP contribution in [0.5, 0.6) is 0 Å². The van der Waals surface area contributed by atoms with Crippen molar-refractivity contribution in [2.75, 3.05) is 19.4 Å². The molecule has 1 aromatic carbocycles. The molecular formula is C16H22ClNO2S. The number of nitrogens with one attached hydrogen (secondary N) is 1. The summed E-state index contributed by atoms with van der Waals surface area (Å²) < 4.78 is 5.09. The van der Waals surface area contributed by atoms with E-state index in [0.717, 1.165) is 35.7 Å². The highest BCUT2D eigenvalue weighted by molar-refractivity contribution is 7.99. The fraction of sp³-hybridized carbons (Fsp3) is 0.562. The molecule has 2 rings (SSSR count). The first-order chi connectivity index (χ1) is 10.1. The second-order valence-corrected chi connectivity index (χ2v) is 6.89. The molecule has 1 aromatic rings. The van der Waals surface area contributed by atoms with Gasteiger partial charge in [0.05, 0.1) is 7.11 Å². The summed E-state index contributed by atoms with van der Waals surface area (Å²) in [6, 6.07) is 7.73.